The average molecular weight is 561 g/mol. The summed E-state index contributed by atoms with van der Waals surface area (Å²) in [7, 11) is -0.436. The zero-order valence-electron chi connectivity index (χ0n) is 24.8. The predicted octanol–water partition coefficient (Wildman–Crippen LogP) is 9.66. The summed E-state index contributed by atoms with van der Waals surface area (Å²) in [5.41, 5.74) is 5.03. The molecule has 4 nitrogen and oxygen atoms in total. The molecule has 6 aromatic carbocycles. The van der Waals surface area contributed by atoms with E-state index in [1.165, 1.54) is 21.5 Å². The second-order valence-electron chi connectivity index (χ2n) is 12.5. The first-order valence-electron chi connectivity index (χ1n) is 14.9. The van der Waals surface area contributed by atoms with Crippen molar-refractivity contribution in [3.8, 4) is 0 Å². The largest absolute Gasteiger partial charge is 0.494 e. The Morgan fingerprint density at radius 2 is 0.953 bits per heavy atom. The molecule has 0 saturated carbocycles. The van der Waals surface area contributed by atoms with Gasteiger partial charge in [-0.05, 0) is 97.2 Å². The van der Waals surface area contributed by atoms with E-state index < -0.39 is 18.3 Å². The van der Waals surface area contributed by atoms with Gasteiger partial charge in [-0.3, -0.25) is 0 Å². The van der Waals surface area contributed by atoms with Gasteiger partial charge in [-0.1, -0.05) is 72.8 Å². The first-order chi connectivity index (χ1) is 20.8. The van der Waals surface area contributed by atoms with Gasteiger partial charge in [0.2, 0.25) is 0 Å². The molecule has 0 amide bonds. The lowest BCUT2D eigenvalue weighted by Gasteiger charge is -2.32. The van der Waals surface area contributed by atoms with Crippen molar-refractivity contribution in [3.63, 3.8) is 0 Å². The molecule has 0 N–H and O–H groups in total. The molecule has 5 heteroatoms. The molecule has 1 saturated heterocycles. The average Bonchev–Trinajstić information content (AvgIpc) is 3.48. The van der Waals surface area contributed by atoms with Crippen LogP contribution < -0.4 is 10.4 Å². The molecule has 0 spiro atoms. The molecule has 43 heavy (non-hydrogen) atoms. The van der Waals surface area contributed by atoms with Crippen molar-refractivity contribution in [2.45, 2.75) is 38.9 Å². The van der Waals surface area contributed by atoms with Crippen molar-refractivity contribution < 1.29 is 13.7 Å². The zero-order valence-corrected chi connectivity index (χ0v) is 24.8. The van der Waals surface area contributed by atoms with Crippen LogP contribution in [0.15, 0.2) is 126 Å². The van der Waals surface area contributed by atoms with Crippen molar-refractivity contribution in [2.75, 3.05) is 4.90 Å². The van der Waals surface area contributed by atoms with E-state index in [0.717, 1.165) is 44.5 Å². The molecule has 1 aliphatic heterocycles. The lowest BCUT2D eigenvalue weighted by Crippen LogP contribution is -2.41. The van der Waals surface area contributed by atoms with E-state index in [1.54, 1.807) is 0 Å². The molecule has 0 radical (unpaired) electrons. The van der Waals surface area contributed by atoms with Gasteiger partial charge in [-0.15, -0.1) is 0 Å². The molecule has 2 heterocycles. The minimum atomic E-state index is -0.436. The maximum absolute atomic E-state index is 6.52. The highest BCUT2D eigenvalue weighted by atomic mass is 16.7. The number of rotatable bonds is 4. The lowest BCUT2D eigenvalue weighted by atomic mass is 9.79. The molecule has 0 atom stereocenters. The second kappa shape index (κ2) is 9.47. The Morgan fingerprint density at radius 1 is 0.488 bits per heavy atom. The van der Waals surface area contributed by atoms with E-state index in [-0.39, 0.29) is 0 Å². The second-order valence-corrected chi connectivity index (χ2v) is 12.5. The Morgan fingerprint density at radius 3 is 1.53 bits per heavy atom. The quantitative estimate of drug-likeness (QED) is 0.201. The van der Waals surface area contributed by atoms with E-state index >= 15 is 0 Å². The number of anilines is 3. The van der Waals surface area contributed by atoms with Crippen LogP contribution in [0.1, 0.15) is 27.7 Å². The molecular weight excluding hydrogens is 529 g/mol. The highest BCUT2D eigenvalue weighted by molar-refractivity contribution is 6.62. The van der Waals surface area contributed by atoms with Crippen LogP contribution in [-0.2, 0) is 9.31 Å². The standard InChI is InChI=1S/C38H32BNO3/c1-37(2)38(3,4)43-39(42-37)29-15-19-33-34-20-18-32(24-36(34)41-35(33)23-29)40(30-16-13-25-9-5-7-11-27(25)21-30)31-17-14-26-10-6-8-12-28(26)22-31/h5-24H,1-4H3. The number of hydrogen-bond acceptors (Lipinski definition) is 4. The van der Waals surface area contributed by atoms with Crippen molar-refractivity contribution in [3.05, 3.63) is 121 Å². The minimum absolute atomic E-state index is 0.398. The van der Waals surface area contributed by atoms with Gasteiger partial charge < -0.3 is 18.6 Å². The van der Waals surface area contributed by atoms with E-state index in [1.807, 2.05) is 0 Å². The molecule has 1 fully saturated rings. The van der Waals surface area contributed by atoms with Gasteiger partial charge in [-0.25, -0.2) is 0 Å². The van der Waals surface area contributed by atoms with Gasteiger partial charge in [0.15, 0.2) is 0 Å². The van der Waals surface area contributed by atoms with Gasteiger partial charge in [0.05, 0.1) is 11.2 Å². The summed E-state index contributed by atoms with van der Waals surface area (Å²) in [5, 5.41) is 6.99. The number of furan rings is 1. The Balaban J connectivity index is 1.25. The van der Waals surface area contributed by atoms with Crippen LogP contribution >= 0.6 is 0 Å². The molecule has 1 aliphatic rings. The fourth-order valence-electron chi connectivity index (χ4n) is 6.13. The summed E-state index contributed by atoms with van der Waals surface area (Å²) < 4.78 is 19.1. The Labute approximate surface area is 251 Å². The summed E-state index contributed by atoms with van der Waals surface area (Å²) in [6, 6.07) is 43.0. The van der Waals surface area contributed by atoms with Crippen molar-refractivity contribution >= 4 is 73.1 Å². The Hall–Kier alpha value is -4.58. The predicted molar refractivity (Wildman–Crippen MR) is 179 cm³/mol. The number of nitrogens with zero attached hydrogens (tertiary/aromatic N) is 1. The summed E-state index contributed by atoms with van der Waals surface area (Å²) in [5.74, 6) is 0. The van der Waals surface area contributed by atoms with Crippen LogP contribution in [0.5, 0.6) is 0 Å². The van der Waals surface area contributed by atoms with Gasteiger partial charge >= 0.3 is 7.12 Å². The van der Waals surface area contributed by atoms with Crippen molar-refractivity contribution in [1.82, 2.24) is 0 Å². The topological polar surface area (TPSA) is 34.8 Å². The zero-order chi connectivity index (χ0) is 29.3. The smallest absolute Gasteiger partial charge is 0.456 e. The summed E-state index contributed by atoms with van der Waals surface area (Å²) in [4.78, 5) is 2.31. The summed E-state index contributed by atoms with van der Waals surface area (Å²) in [6.07, 6.45) is 0. The van der Waals surface area contributed by atoms with E-state index in [4.69, 9.17) is 13.7 Å². The van der Waals surface area contributed by atoms with Crippen LogP contribution in [0.3, 0.4) is 0 Å². The van der Waals surface area contributed by atoms with Gasteiger partial charge in [0, 0.05) is 33.9 Å². The first-order valence-corrected chi connectivity index (χ1v) is 14.9. The monoisotopic (exact) mass is 561 g/mol. The van der Waals surface area contributed by atoms with Gasteiger partial charge in [0.25, 0.3) is 0 Å². The van der Waals surface area contributed by atoms with E-state index in [0.29, 0.717) is 0 Å². The molecule has 7 aromatic rings. The normalized spacial score (nSPS) is 16.0. The van der Waals surface area contributed by atoms with Crippen molar-refractivity contribution in [2.24, 2.45) is 0 Å². The molecule has 0 unspecified atom stereocenters. The molecule has 8 rings (SSSR count). The summed E-state index contributed by atoms with van der Waals surface area (Å²) in [6.45, 7) is 8.30. The number of hydrogen-bond donors (Lipinski definition) is 0. The number of benzene rings is 6. The lowest BCUT2D eigenvalue weighted by molar-refractivity contribution is 0.00578. The maximum Gasteiger partial charge on any atom is 0.494 e. The third-order valence-electron chi connectivity index (χ3n) is 9.25. The highest BCUT2D eigenvalue weighted by Gasteiger charge is 2.51. The van der Waals surface area contributed by atoms with Crippen LogP contribution in [0.4, 0.5) is 17.1 Å². The van der Waals surface area contributed by atoms with E-state index in [9.17, 15) is 0 Å². The summed E-state index contributed by atoms with van der Waals surface area (Å²) >= 11 is 0. The third-order valence-corrected chi connectivity index (χ3v) is 9.25. The molecular formula is C38H32BNO3. The van der Waals surface area contributed by atoms with Crippen molar-refractivity contribution in [1.29, 1.82) is 0 Å². The van der Waals surface area contributed by atoms with Crippen LogP contribution in [0.25, 0.3) is 43.5 Å². The molecule has 210 valence electrons. The minimum Gasteiger partial charge on any atom is -0.456 e. The van der Waals surface area contributed by atoms with E-state index in [2.05, 4.69) is 154 Å². The SMILES string of the molecule is CC1(C)OB(c2ccc3c(c2)oc2cc(N(c4ccc5ccccc5c4)c4ccc5ccccc5c4)ccc23)OC1(C)C. The first kappa shape index (κ1) is 26.1. The third kappa shape index (κ3) is 4.31. The Bertz CT molecular complexity index is 2080. The fraction of sp³-hybridized carbons (Fsp3) is 0.158. The van der Waals surface area contributed by atoms with Crippen LogP contribution in [0.2, 0.25) is 0 Å². The molecule has 0 aliphatic carbocycles. The molecule has 0 bridgehead atoms. The maximum atomic E-state index is 6.52. The fourth-order valence-corrected chi connectivity index (χ4v) is 6.13. The van der Waals surface area contributed by atoms with Crippen LogP contribution in [-0.4, -0.2) is 18.3 Å². The van der Waals surface area contributed by atoms with Crippen LogP contribution in [0, 0.1) is 0 Å². The number of fused-ring (bicyclic) bond motifs is 5. The van der Waals surface area contributed by atoms with Gasteiger partial charge in [-0.2, -0.15) is 0 Å². The molecule has 1 aromatic heterocycles. The highest BCUT2D eigenvalue weighted by Crippen LogP contribution is 2.41. The Kier molecular flexibility index (Phi) is 5.74. The van der Waals surface area contributed by atoms with Gasteiger partial charge in [0.1, 0.15) is 11.2 Å².